The molecule has 0 amide bonds. The van der Waals surface area contributed by atoms with E-state index in [9.17, 15) is 0 Å². The first-order valence-electron chi connectivity index (χ1n) is 8.82. The zero-order valence-corrected chi connectivity index (χ0v) is 14.3. The number of nitrogens with zero attached hydrogens (tertiary/aromatic N) is 1. The zero-order valence-electron chi connectivity index (χ0n) is 13.5. The van der Waals surface area contributed by atoms with E-state index in [0.717, 1.165) is 0 Å². The number of nitrogens with one attached hydrogen (secondary N) is 1. The monoisotopic (exact) mass is 298 g/mol. The molecule has 1 saturated heterocycles. The van der Waals surface area contributed by atoms with Gasteiger partial charge in [0.25, 0.3) is 0 Å². The number of rotatable bonds is 8. The maximum atomic E-state index is 3.80. The fraction of sp³-hybridized carbons (Fsp3) is 1.00. The summed E-state index contributed by atoms with van der Waals surface area (Å²) in [6, 6.07) is 0. The Bertz CT molecular complexity index is 245. The summed E-state index contributed by atoms with van der Waals surface area (Å²) in [5.41, 5.74) is 0.512. The Hall–Kier alpha value is 0.270. The Balaban J connectivity index is 1.77. The van der Waals surface area contributed by atoms with Gasteiger partial charge in [0.15, 0.2) is 0 Å². The molecule has 1 saturated carbocycles. The van der Waals surface area contributed by atoms with Crippen LogP contribution in [0.5, 0.6) is 0 Å². The molecule has 3 heteroatoms. The van der Waals surface area contributed by atoms with Crippen LogP contribution in [0, 0.1) is 0 Å². The van der Waals surface area contributed by atoms with Gasteiger partial charge in [0, 0.05) is 12.1 Å². The average molecular weight is 299 g/mol. The first-order chi connectivity index (χ1) is 9.87. The third kappa shape index (κ3) is 4.92. The van der Waals surface area contributed by atoms with E-state index in [-0.39, 0.29) is 0 Å². The summed E-state index contributed by atoms with van der Waals surface area (Å²) in [5.74, 6) is 1.32. The summed E-state index contributed by atoms with van der Waals surface area (Å²) in [7, 11) is 0. The summed E-state index contributed by atoms with van der Waals surface area (Å²) < 4.78 is 0. The Morgan fingerprint density at radius 3 is 2.35 bits per heavy atom. The van der Waals surface area contributed by atoms with E-state index < -0.39 is 0 Å². The van der Waals surface area contributed by atoms with Crippen LogP contribution in [-0.4, -0.2) is 48.6 Å². The maximum Gasteiger partial charge on any atom is 0.0333 e. The highest BCUT2D eigenvalue weighted by molar-refractivity contribution is 7.98. The summed E-state index contributed by atoms with van der Waals surface area (Å²) in [5, 5.41) is 3.80. The highest BCUT2D eigenvalue weighted by Crippen LogP contribution is 2.35. The highest BCUT2D eigenvalue weighted by atomic mass is 32.2. The normalized spacial score (nSPS) is 23.9. The molecule has 0 atom stereocenters. The number of unbranched alkanes of at least 4 members (excludes halogenated alkanes) is 1. The van der Waals surface area contributed by atoms with Crippen LogP contribution in [0.3, 0.4) is 0 Å². The third-order valence-corrected chi connectivity index (χ3v) is 5.91. The molecule has 0 radical (unpaired) electrons. The molecule has 2 fully saturated rings. The van der Waals surface area contributed by atoms with E-state index in [1.54, 1.807) is 0 Å². The number of likely N-dealkylation sites (tertiary alicyclic amines) is 1. The molecule has 0 aromatic carbocycles. The van der Waals surface area contributed by atoms with Crippen LogP contribution in [0.15, 0.2) is 0 Å². The van der Waals surface area contributed by atoms with Crippen molar-refractivity contribution in [2.24, 2.45) is 0 Å². The molecule has 0 aromatic heterocycles. The van der Waals surface area contributed by atoms with Gasteiger partial charge in [-0.1, -0.05) is 25.7 Å². The topological polar surface area (TPSA) is 15.3 Å². The maximum absolute atomic E-state index is 3.80. The van der Waals surface area contributed by atoms with E-state index >= 15 is 0 Å². The van der Waals surface area contributed by atoms with Gasteiger partial charge in [0.2, 0.25) is 0 Å². The van der Waals surface area contributed by atoms with Crippen molar-refractivity contribution in [1.29, 1.82) is 0 Å². The van der Waals surface area contributed by atoms with Gasteiger partial charge in [0.05, 0.1) is 0 Å². The third-order valence-electron chi connectivity index (χ3n) is 5.22. The lowest BCUT2D eigenvalue weighted by atomic mass is 9.79. The summed E-state index contributed by atoms with van der Waals surface area (Å²) in [6.07, 6.45) is 16.5. The van der Waals surface area contributed by atoms with Crippen molar-refractivity contribution in [2.75, 3.05) is 38.2 Å². The molecule has 2 nitrogen and oxygen atoms in total. The minimum Gasteiger partial charge on any atom is -0.315 e. The van der Waals surface area contributed by atoms with Crippen molar-refractivity contribution in [1.82, 2.24) is 10.2 Å². The van der Waals surface area contributed by atoms with E-state index in [0.29, 0.717) is 5.54 Å². The number of thioether (sulfide) groups is 1. The molecule has 2 aliphatic rings. The van der Waals surface area contributed by atoms with Crippen LogP contribution in [-0.2, 0) is 0 Å². The van der Waals surface area contributed by atoms with Crippen LogP contribution in [0.25, 0.3) is 0 Å². The van der Waals surface area contributed by atoms with Crippen molar-refractivity contribution >= 4 is 11.8 Å². The molecule has 0 aromatic rings. The van der Waals surface area contributed by atoms with Crippen molar-refractivity contribution in [3.8, 4) is 0 Å². The standard InChI is InChI=1S/C17H34N2S/c1-20-15-9-6-12-18-16-17(10-4-2-5-11-17)19-13-7-3-8-14-19/h18H,2-16H2,1H3. The van der Waals surface area contributed by atoms with Crippen molar-refractivity contribution in [3.63, 3.8) is 0 Å². The molecular formula is C17H34N2S. The minimum atomic E-state index is 0.512. The van der Waals surface area contributed by atoms with Gasteiger partial charge < -0.3 is 5.32 Å². The Labute approximate surface area is 130 Å². The second-order valence-electron chi connectivity index (χ2n) is 6.71. The Kier molecular flexibility index (Phi) is 7.75. The fourth-order valence-electron chi connectivity index (χ4n) is 4.00. The number of hydrogen-bond acceptors (Lipinski definition) is 3. The molecule has 1 N–H and O–H groups in total. The van der Waals surface area contributed by atoms with E-state index in [2.05, 4.69) is 16.5 Å². The molecule has 2 rings (SSSR count). The van der Waals surface area contributed by atoms with Gasteiger partial charge in [-0.05, 0) is 70.2 Å². The molecule has 1 aliphatic carbocycles. The molecule has 20 heavy (non-hydrogen) atoms. The predicted molar refractivity (Wildman–Crippen MR) is 91.7 cm³/mol. The van der Waals surface area contributed by atoms with Crippen molar-refractivity contribution < 1.29 is 0 Å². The van der Waals surface area contributed by atoms with Crippen LogP contribution in [0.2, 0.25) is 0 Å². The average Bonchev–Trinajstić information content (AvgIpc) is 2.52. The first kappa shape index (κ1) is 16.6. The first-order valence-corrected chi connectivity index (χ1v) is 10.2. The fourth-order valence-corrected chi connectivity index (χ4v) is 4.49. The van der Waals surface area contributed by atoms with Crippen LogP contribution >= 0.6 is 11.8 Å². The Morgan fingerprint density at radius 2 is 1.65 bits per heavy atom. The van der Waals surface area contributed by atoms with Crippen molar-refractivity contribution in [3.05, 3.63) is 0 Å². The molecular weight excluding hydrogens is 264 g/mol. The molecule has 118 valence electrons. The lowest BCUT2D eigenvalue weighted by Crippen LogP contribution is -2.57. The van der Waals surface area contributed by atoms with Crippen molar-refractivity contribution in [2.45, 2.75) is 69.7 Å². The molecule has 1 heterocycles. The minimum absolute atomic E-state index is 0.512. The molecule has 1 aliphatic heterocycles. The lowest BCUT2D eigenvalue weighted by molar-refractivity contribution is 0.0336. The molecule has 0 spiro atoms. The van der Waals surface area contributed by atoms with E-state index in [4.69, 9.17) is 0 Å². The van der Waals surface area contributed by atoms with Gasteiger partial charge in [0.1, 0.15) is 0 Å². The van der Waals surface area contributed by atoms with Crippen LogP contribution < -0.4 is 5.32 Å². The van der Waals surface area contributed by atoms with Gasteiger partial charge in [-0.15, -0.1) is 0 Å². The summed E-state index contributed by atoms with van der Waals surface area (Å²) in [6.45, 7) is 5.17. The Morgan fingerprint density at radius 1 is 0.950 bits per heavy atom. The summed E-state index contributed by atoms with van der Waals surface area (Å²) in [4.78, 5) is 2.85. The SMILES string of the molecule is CSCCCCNCC1(N2CCCCC2)CCCCC1. The zero-order chi connectivity index (χ0) is 14.1. The molecule has 0 unspecified atom stereocenters. The van der Waals surface area contributed by atoms with Gasteiger partial charge in [-0.25, -0.2) is 0 Å². The second-order valence-corrected chi connectivity index (χ2v) is 7.69. The second kappa shape index (κ2) is 9.32. The van der Waals surface area contributed by atoms with Gasteiger partial charge in [-0.2, -0.15) is 11.8 Å². The summed E-state index contributed by atoms with van der Waals surface area (Å²) >= 11 is 1.97. The van der Waals surface area contributed by atoms with Gasteiger partial charge >= 0.3 is 0 Å². The smallest absolute Gasteiger partial charge is 0.0333 e. The van der Waals surface area contributed by atoms with E-state index in [1.165, 1.54) is 96.1 Å². The van der Waals surface area contributed by atoms with Crippen LogP contribution in [0.1, 0.15) is 64.2 Å². The lowest BCUT2D eigenvalue weighted by Gasteiger charge is -2.48. The van der Waals surface area contributed by atoms with Crippen LogP contribution in [0.4, 0.5) is 0 Å². The quantitative estimate of drug-likeness (QED) is 0.684. The number of hydrogen-bond donors (Lipinski definition) is 1. The molecule has 0 bridgehead atoms. The number of piperidine rings is 1. The van der Waals surface area contributed by atoms with Gasteiger partial charge in [-0.3, -0.25) is 4.90 Å². The predicted octanol–water partition coefficient (Wildman–Crippen LogP) is 3.91. The highest BCUT2D eigenvalue weighted by Gasteiger charge is 2.37. The van der Waals surface area contributed by atoms with E-state index in [1.807, 2.05) is 11.8 Å². The largest absolute Gasteiger partial charge is 0.315 e.